The third-order valence-corrected chi connectivity index (χ3v) is 3.67. The molecule has 25 heavy (non-hydrogen) atoms. The maximum absolute atomic E-state index is 11.9. The van der Waals surface area contributed by atoms with Crippen LogP contribution in [0.4, 0.5) is 11.4 Å². The molecule has 0 aliphatic heterocycles. The van der Waals surface area contributed by atoms with E-state index in [2.05, 4.69) is 0 Å². The molecule has 5 heteroatoms. The van der Waals surface area contributed by atoms with Crippen molar-refractivity contribution in [1.29, 1.82) is 0 Å². The minimum atomic E-state index is -0.578. The fourth-order valence-electron chi connectivity index (χ4n) is 2.29. The number of nitrogen functional groups attached to an aromatic ring is 2. The van der Waals surface area contributed by atoms with Gasteiger partial charge in [-0.15, -0.1) is 0 Å². The third kappa shape index (κ3) is 4.51. The highest BCUT2D eigenvalue weighted by atomic mass is 17.2. The number of hydrogen-bond donors (Lipinski definition) is 2. The van der Waals surface area contributed by atoms with E-state index in [1.807, 2.05) is 36.4 Å². The third-order valence-electron chi connectivity index (χ3n) is 3.67. The van der Waals surface area contributed by atoms with E-state index in [-0.39, 0.29) is 0 Å². The van der Waals surface area contributed by atoms with Crippen molar-refractivity contribution in [3.05, 3.63) is 89.5 Å². The number of carbonyl (C=O) groups is 1. The molecule has 0 bridgehead atoms. The summed E-state index contributed by atoms with van der Waals surface area (Å²) < 4.78 is 0. The highest BCUT2D eigenvalue weighted by Gasteiger charge is 2.09. The summed E-state index contributed by atoms with van der Waals surface area (Å²) in [6, 6.07) is 21.5. The van der Waals surface area contributed by atoms with Crippen molar-refractivity contribution in [3.8, 4) is 5.75 Å². The van der Waals surface area contributed by atoms with Gasteiger partial charge in [-0.1, -0.05) is 24.3 Å². The number of benzene rings is 3. The summed E-state index contributed by atoms with van der Waals surface area (Å²) in [5.41, 5.74) is 15.2. The zero-order valence-electron chi connectivity index (χ0n) is 13.5. The van der Waals surface area contributed by atoms with Crippen LogP contribution in [0.5, 0.6) is 5.75 Å². The Kier molecular flexibility index (Phi) is 4.85. The fourth-order valence-corrected chi connectivity index (χ4v) is 2.29. The van der Waals surface area contributed by atoms with Gasteiger partial charge in [0.1, 0.15) is 0 Å². The molecule has 0 atom stereocenters. The molecule has 0 fully saturated rings. The standard InChI is InChI=1S/C20H18N2O3/c21-17-7-1-14(2-8-17)13-15-3-11-19(12-4-15)24-25-20(23)16-5-9-18(22)10-6-16/h1-12H,13,21-22H2. The minimum Gasteiger partial charge on any atom is -0.399 e. The lowest BCUT2D eigenvalue weighted by molar-refractivity contribution is -0.149. The Balaban J connectivity index is 1.56. The van der Waals surface area contributed by atoms with Gasteiger partial charge < -0.3 is 11.5 Å². The molecule has 0 amide bonds. The molecule has 0 saturated carbocycles. The first-order valence-corrected chi connectivity index (χ1v) is 7.78. The van der Waals surface area contributed by atoms with Crippen LogP contribution in [0.25, 0.3) is 0 Å². The van der Waals surface area contributed by atoms with Crippen LogP contribution >= 0.6 is 0 Å². The van der Waals surface area contributed by atoms with Gasteiger partial charge in [0.15, 0.2) is 5.75 Å². The Morgan fingerprint density at radius 1 is 0.720 bits per heavy atom. The quantitative estimate of drug-likeness (QED) is 0.423. The normalized spacial score (nSPS) is 10.2. The van der Waals surface area contributed by atoms with Gasteiger partial charge in [0, 0.05) is 11.4 Å². The van der Waals surface area contributed by atoms with E-state index >= 15 is 0 Å². The van der Waals surface area contributed by atoms with Crippen LogP contribution < -0.4 is 16.4 Å². The molecule has 0 unspecified atom stereocenters. The topological polar surface area (TPSA) is 87.6 Å². The number of nitrogens with two attached hydrogens (primary N) is 2. The lowest BCUT2D eigenvalue weighted by atomic mass is 10.0. The Morgan fingerprint density at radius 2 is 1.20 bits per heavy atom. The van der Waals surface area contributed by atoms with Gasteiger partial charge in [0.2, 0.25) is 0 Å². The molecular formula is C20H18N2O3. The van der Waals surface area contributed by atoms with E-state index in [1.165, 1.54) is 0 Å². The Hall–Kier alpha value is -3.47. The summed E-state index contributed by atoms with van der Waals surface area (Å²) in [6.07, 6.45) is 0.784. The Labute approximate surface area is 145 Å². The van der Waals surface area contributed by atoms with Gasteiger partial charge in [-0.3, -0.25) is 4.89 Å². The molecule has 126 valence electrons. The molecule has 0 aliphatic rings. The lowest BCUT2D eigenvalue weighted by Crippen LogP contribution is -2.08. The van der Waals surface area contributed by atoms with Crippen molar-refractivity contribution < 1.29 is 14.6 Å². The van der Waals surface area contributed by atoms with Crippen LogP contribution in [-0.4, -0.2) is 5.97 Å². The van der Waals surface area contributed by atoms with E-state index in [4.69, 9.17) is 21.2 Å². The smallest absolute Gasteiger partial charge is 0.386 e. The first-order valence-electron chi connectivity index (χ1n) is 7.78. The Bertz CT molecular complexity index is 842. The predicted molar refractivity (Wildman–Crippen MR) is 97.0 cm³/mol. The van der Waals surface area contributed by atoms with E-state index < -0.39 is 5.97 Å². The molecule has 5 nitrogen and oxygen atoms in total. The van der Waals surface area contributed by atoms with Crippen LogP contribution in [0.2, 0.25) is 0 Å². The van der Waals surface area contributed by atoms with E-state index in [9.17, 15) is 4.79 Å². The highest BCUT2D eigenvalue weighted by molar-refractivity contribution is 5.89. The van der Waals surface area contributed by atoms with Crippen LogP contribution in [0.15, 0.2) is 72.8 Å². The van der Waals surface area contributed by atoms with Crippen molar-refractivity contribution >= 4 is 17.3 Å². The Morgan fingerprint density at radius 3 is 1.76 bits per heavy atom. The van der Waals surface area contributed by atoms with Crippen LogP contribution in [0.1, 0.15) is 21.5 Å². The molecule has 3 aromatic rings. The fraction of sp³-hybridized carbons (Fsp3) is 0.0500. The van der Waals surface area contributed by atoms with Crippen molar-refractivity contribution in [2.75, 3.05) is 11.5 Å². The second-order valence-electron chi connectivity index (χ2n) is 5.64. The summed E-state index contributed by atoms with van der Waals surface area (Å²) in [5, 5.41) is 0. The molecule has 0 aliphatic carbocycles. The number of carbonyl (C=O) groups excluding carboxylic acids is 1. The van der Waals surface area contributed by atoms with E-state index in [1.54, 1.807) is 36.4 Å². The molecule has 0 heterocycles. The molecular weight excluding hydrogens is 316 g/mol. The van der Waals surface area contributed by atoms with Gasteiger partial charge in [-0.05, 0) is 66.1 Å². The van der Waals surface area contributed by atoms with Crippen LogP contribution in [0.3, 0.4) is 0 Å². The summed E-state index contributed by atoms with van der Waals surface area (Å²) in [5.74, 6) is -0.129. The first-order chi connectivity index (χ1) is 12.1. The van der Waals surface area contributed by atoms with Crippen molar-refractivity contribution in [1.82, 2.24) is 0 Å². The van der Waals surface area contributed by atoms with Crippen molar-refractivity contribution in [2.45, 2.75) is 6.42 Å². The molecule has 0 radical (unpaired) electrons. The van der Waals surface area contributed by atoms with Gasteiger partial charge in [0.05, 0.1) is 5.56 Å². The summed E-state index contributed by atoms with van der Waals surface area (Å²) in [6.45, 7) is 0. The first kappa shape index (κ1) is 16.4. The maximum Gasteiger partial charge on any atom is 0.386 e. The average molecular weight is 334 g/mol. The van der Waals surface area contributed by atoms with Gasteiger partial charge >= 0.3 is 5.97 Å². The summed E-state index contributed by atoms with van der Waals surface area (Å²) >= 11 is 0. The van der Waals surface area contributed by atoms with E-state index in [0.29, 0.717) is 17.0 Å². The van der Waals surface area contributed by atoms with Gasteiger partial charge in [-0.2, -0.15) is 0 Å². The summed E-state index contributed by atoms with van der Waals surface area (Å²) in [7, 11) is 0. The van der Waals surface area contributed by atoms with E-state index in [0.717, 1.165) is 23.2 Å². The minimum absolute atomic E-state index is 0.370. The average Bonchev–Trinajstić information content (AvgIpc) is 2.63. The second-order valence-corrected chi connectivity index (χ2v) is 5.64. The van der Waals surface area contributed by atoms with Gasteiger partial charge in [0.25, 0.3) is 0 Å². The molecule has 3 aromatic carbocycles. The molecule has 0 saturated heterocycles. The summed E-state index contributed by atoms with van der Waals surface area (Å²) in [4.78, 5) is 21.8. The SMILES string of the molecule is Nc1ccc(Cc2ccc(OOC(=O)c3ccc(N)cc3)cc2)cc1. The number of anilines is 2. The molecule has 0 spiro atoms. The molecule has 4 N–H and O–H groups in total. The zero-order chi connectivity index (χ0) is 17.6. The number of hydrogen-bond acceptors (Lipinski definition) is 5. The predicted octanol–water partition coefficient (Wildman–Crippen LogP) is 3.59. The molecule has 3 rings (SSSR count). The molecule has 0 aromatic heterocycles. The second kappa shape index (κ2) is 7.40. The maximum atomic E-state index is 11.9. The monoisotopic (exact) mass is 334 g/mol. The van der Waals surface area contributed by atoms with Crippen LogP contribution in [-0.2, 0) is 11.3 Å². The van der Waals surface area contributed by atoms with Crippen molar-refractivity contribution in [2.24, 2.45) is 0 Å². The van der Waals surface area contributed by atoms with Crippen LogP contribution in [0, 0.1) is 0 Å². The number of rotatable bonds is 5. The lowest BCUT2D eigenvalue weighted by Gasteiger charge is -2.06. The van der Waals surface area contributed by atoms with Gasteiger partial charge in [-0.25, -0.2) is 9.68 Å². The highest BCUT2D eigenvalue weighted by Crippen LogP contribution is 2.17. The van der Waals surface area contributed by atoms with Crippen molar-refractivity contribution in [3.63, 3.8) is 0 Å². The zero-order valence-corrected chi connectivity index (χ0v) is 13.5. The largest absolute Gasteiger partial charge is 0.399 e.